The van der Waals surface area contributed by atoms with Crippen LogP contribution in [-0.2, 0) is 13.6 Å². The van der Waals surface area contributed by atoms with Gasteiger partial charge in [-0.25, -0.2) is 4.98 Å². The van der Waals surface area contributed by atoms with Crippen molar-refractivity contribution in [3.05, 3.63) is 59.9 Å². The molecular weight excluding hydrogens is 340 g/mol. The number of nitrogens with zero attached hydrogens (tertiary/aromatic N) is 4. The quantitative estimate of drug-likeness (QED) is 0.714. The van der Waals surface area contributed by atoms with Gasteiger partial charge in [-0.2, -0.15) is 0 Å². The Morgan fingerprint density at radius 1 is 1.04 bits per heavy atom. The summed E-state index contributed by atoms with van der Waals surface area (Å²) in [5, 5.41) is 0. The van der Waals surface area contributed by atoms with Gasteiger partial charge in [0.05, 0.1) is 24.7 Å². The summed E-state index contributed by atoms with van der Waals surface area (Å²) in [5.74, 6) is 1.91. The summed E-state index contributed by atoms with van der Waals surface area (Å²) in [4.78, 5) is 21.7. The number of piperazine rings is 1. The number of hydrogen-bond donors (Lipinski definition) is 0. The third kappa shape index (κ3) is 3.53. The molecular formula is C21H24N4O2. The van der Waals surface area contributed by atoms with Gasteiger partial charge in [0.15, 0.2) is 0 Å². The molecule has 0 spiro atoms. The lowest BCUT2D eigenvalue weighted by Crippen LogP contribution is -2.48. The van der Waals surface area contributed by atoms with Gasteiger partial charge in [-0.1, -0.05) is 12.1 Å². The van der Waals surface area contributed by atoms with Crippen molar-refractivity contribution in [2.45, 2.75) is 6.54 Å². The highest BCUT2D eigenvalue weighted by molar-refractivity contribution is 5.94. The fourth-order valence-corrected chi connectivity index (χ4v) is 3.56. The minimum absolute atomic E-state index is 0.0834. The third-order valence-electron chi connectivity index (χ3n) is 5.24. The Labute approximate surface area is 159 Å². The van der Waals surface area contributed by atoms with Crippen LogP contribution < -0.4 is 4.74 Å². The zero-order valence-corrected chi connectivity index (χ0v) is 15.8. The summed E-state index contributed by atoms with van der Waals surface area (Å²) in [5.41, 5.74) is 2.89. The number of aryl methyl sites for hydroxylation is 1. The molecule has 1 aliphatic rings. The number of carbonyl (C=O) groups excluding carboxylic acids is 1. The predicted molar refractivity (Wildman–Crippen MR) is 105 cm³/mol. The van der Waals surface area contributed by atoms with Gasteiger partial charge in [0.1, 0.15) is 11.6 Å². The Hall–Kier alpha value is -2.86. The van der Waals surface area contributed by atoms with E-state index in [1.54, 1.807) is 7.11 Å². The van der Waals surface area contributed by atoms with Crippen LogP contribution in [0.3, 0.4) is 0 Å². The molecule has 0 aliphatic carbocycles. The Kier molecular flexibility index (Phi) is 4.81. The standard InChI is InChI=1S/C21H24N4O2/c1-23-19-6-4-3-5-18(19)22-20(23)15-24-11-13-25(14-12-24)21(26)16-7-9-17(27-2)10-8-16/h3-10H,11-15H2,1-2H3. The molecule has 0 unspecified atom stereocenters. The zero-order chi connectivity index (χ0) is 18.8. The minimum Gasteiger partial charge on any atom is -0.497 e. The number of para-hydroxylation sites is 2. The molecule has 1 amide bonds. The fourth-order valence-electron chi connectivity index (χ4n) is 3.56. The first-order valence-electron chi connectivity index (χ1n) is 9.22. The van der Waals surface area contributed by atoms with E-state index in [4.69, 9.17) is 9.72 Å². The Morgan fingerprint density at radius 3 is 2.41 bits per heavy atom. The summed E-state index contributed by atoms with van der Waals surface area (Å²) in [7, 11) is 3.69. The Morgan fingerprint density at radius 2 is 1.74 bits per heavy atom. The van der Waals surface area contributed by atoms with Crippen molar-refractivity contribution in [1.29, 1.82) is 0 Å². The van der Waals surface area contributed by atoms with Gasteiger partial charge in [-0.3, -0.25) is 9.69 Å². The molecule has 0 atom stereocenters. The lowest BCUT2D eigenvalue weighted by Gasteiger charge is -2.34. The Balaban J connectivity index is 1.38. The van der Waals surface area contributed by atoms with E-state index in [-0.39, 0.29) is 5.91 Å². The Bertz CT molecular complexity index is 940. The average molecular weight is 364 g/mol. The van der Waals surface area contributed by atoms with Crippen LogP contribution in [0.1, 0.15) is 16.2 Å². The molecule has 0 bridgehead atoms. The molecule has 0 saturated carbocycles. The van der Waals surface area contributed by atoms with Crippen molar-refractivity contribution in [2.24, 2.45) is 7.05 Å². The number of fused-ring (bicyclic) bond motifs is 1. The van der Waals surface area contributed by atoms with Crippen LogP contribution in [0.2, 0.25) is 0 Å². The number of imidazole rings is 1. The van der Waals surface area contributed by atoms with Gasteiger partial charge in [0.25, 0.3) is 5.91 Å². The molecule has 1 aromatic heterocycles. The molecule has 3 aromatic rings. The SMILES string of the molecule is COc1ccc(C(=O)N2CCN(Cc3nc4ccccc4n3C)CC2)cc1. The van der Waals surface area contributed by atoms with E-state index in [2.05, 4.69) is 22.6 Å². The second kappa shape index (κ2) is 7.40. The van der Waals surface area contributed by atoms with Gasteiger partial charge in [-0.15, -0.1) is 0 Å². The van der Waals surface area contributed by atoms with Gasteiger partial charge in [0.2, 0.25) is 0 Å². The lowest BCUT2D eigenvalue weighted by molar-refractivity contribution is 0.0624. The largest absolute Gasteiger partial charge is 0.497 e. The first-order chi connectivity index (χ1) is 13.2. The van der Waals surface area contributed by atoms with Crippen molar-refractivity contribution in [3.63, 3.8) is 0 Å². The summed E-state index contributed by atoms with van der Waals surface area (Å²) in [6.45, 7) is 3.97. The number of amides is 1. The summed E-state index contributed by atoms with van der Waals surface area (Å²) >= 11 is 0. The molecule has 0 N–H and O–H groups in total. The highest BCUT2D eigenvalue weighted by atomic mass is 16.5. The monoisotopic (exact) mass is 364 g/mol. The van der Waals surface area contributed by atoms with Gasteiger partial charge < -0.3 is 14.2 Å². The molecule has 1 fully saturated rings. The van der Waals surface area contributed by atoms with Crippen molar-refractivity contribution in [2.75, 3.05) is 33.3 Å². The van der Waals surface area contributed by atoms with Crippen LogP contribution in [0.5, 0.6) is 5.75 Å². The minimum atomic E-state index is 0.0834. The maximum atomic E-state index is 12.7. The fraction of sp³-hybridized carbons (Fsp3) is 0.333. The second-order valence-corrected chi connectivity index (χ2v) is 6.87. The van der Waals surface area contributed by atoms with Crippen molar-refractivity contribution >= 4 is 16.9 Å². The number of methoxy groups -OCH3 is 1. The molecule has 6 nitrogen and oxygen atoms in total. The second-order valence-electron chi connectivity index (χ2n) is 6.87. The number of aromatic nitrogens is 2. The highest BCUT2D eigenvalue weighted by Gasteiger charge is 2.23. The van der Waals surface area contributed by atoms with Crippen LogP contribution in [0.15, 0.2) is 48.5 Å². The molecule has 6 heteroatoms. The number of hydrogen-bond acceptors (Lipinski definition) is 4. The van der Waals surface area contributed by atoms with E-state index < -0.39 is 0 Å². The van der Waals surface area contributed by atoms with E-state index in [0.29, 0.717) is 5.56 Å². The van der Waals surface area contributed by atoms with Gasteiger partial charge >= 0.3 is 0 Å². The normalized spacial score (nSPS) is 15.3. The summed E-state index contributed by atoms with van der Waals surface area (Å²) < 4.78 is 7.31. The molecule has 2 heterocycles. The third-order valence-corrected chi connectivity index (χ3v) is 5.24. The van der Waals surface area contributed by atoms with E-state index in [0.717, 1.165) is 55.3 Å². The van der Waals surface area contributed by atoms with E-state index in [9.17, 15) is 4.79 Å². The molecule has 4 rings (SSSR count). The predicted octanol–water partition coefficient (Wildman–Crippen LogP) is 2.54. The van der Waals surface area contributed by atoms with Gasteiger partial charge in [0, 0.05) is 38.8 Å². The van der Waals surface area contributed by atoms with Crippen LogP contribution in [0.25, 0.3) is 11.0 Å². The van der Waals surface area contributed by atoms with Crippen LogP contribution in [-0.4, -0.2) is 58.5 Å². The van der Waals surface area contributed by atoms with Crippen LogP contribution >= 0.6 is 0 Å². The number of carbonyl (C=O) groups is 1. The van der Waals surface area contributed by atoms with E-state index in [1.165, 1.54) is 0 Å². The zero-order valence-electron chi connectivity index (χ0n) is 15.8. The topological polar surface area (TPSA) is 50.6 Å². The van der Waals surface area contributed by atoms with E-state index in [1.807, 2.05) is 47.4 Å². The summed E-state index contributed by atoms with van der Waals surface area (Å²) in [6.07, 6.45) is 0. The molecule has 1 saturated heterocycles. The molecule has 2 aromatic carbocycles. The molecule has 1 aliphatic heterocycles. The molecule has 140 valence electrons. The van der Waals surface area contributed by atoms with Crippen molar-refractivity contribution < 1.29 is 9.53 Å². The number of rotatable bonds is 4. The summed E-state index contributed by atoms with van der Waals surface area (Å²) in [6, 6.07) is 15.5. The smallest absolute Gasteiger partial charge is 0.253 e. The molecule has 27 heavy (non-hydrogen) atoms. The first kappa shape index (κ1) is 17.5. The maximum absolute atomic E-state index is 12.7. The van der Waals surface area contributed by atoms with Crippen LogP contribution in [0.4, 0.5) is 0 Å². The van der Waals surface area contributed by atoms with E-state index >= 15 is 0 Å². The van der Waals surface area contributed by atoms with Gasteiger partial charge in [-0.05, 0) is 36.4 Å². The number of benzene rings is 2. The highest BCUT2D eigenvalue weighted by Crippen LogP contribution is 2.18. The lowest BCUT2D eigenvalue weighted by atomic mass is 10.1. The number of ether oxygens (including phenoxy) is 1. The van der Waals surface area contributed by atoms with Crippen molar-refractivity contribution in [3.8, 4) is 5.75 Å². The van der Waals surface area contributed by atoms with Crippen molar-refractivity contribution in [1.82, 2.24) is 19.4 Å². The maximum Gasteiger partial charge on any atom is 0.253 e. The first-order valence-corrected chi connectivity index (χ1v) is 9.22. The van der Waals surface area contributed by atoms with Crippen LogP contribution in [0, 0.1) is 0 Å². The molecule has 0 radical (unpaired) electrons. The average Bonchev–Trinajstić information content (AvgIpc) is 3.04.